The lowest BCUT2D eigenvalue weighted by Gasteiger charge is -2.29. The zero-order chi connectivity index (χ0) is 22.9. The van der Waals surface area contributed by atoms with Crippen LogP contribution in [0.2, 0.25) is 0 Å². The SMILES string of the molecule is O=C1C2=C(Oc3ccc4ccccc4c3C2c2cc(C(F)(F)F)ccc2F)c2ccccc21. The molecule has 1 aliphatic heterocycles. The van der Waals surface area contributed by atoms with Crippen LogP contribution in [0.1, 0.15) is 38.5 Å². The van der Waals surface area contributed by atoms with E-state index in [4.69, 9.17) is 4.74 Å². The van der Waals surface area contributed by atoms with Gasteiger partial charge in [0.15, 0.2) is 5.78 Å². The number of hydrogen-bond donors (Lipinski definition) is 0. The predicted octanol–water partition coefficient (Wildman–Crippen LogP) is 7.13. The van der Waals surface area contributed by atoms with Crippen molar-refractivity contribution in [2.75, 3.05) is 0 Å². The summed E-state index contributed by atoms with van der Waals surface area (Å²) in [5, 5.41) is 1.50. The van der Waals surface area contributed by atoms with Gasteiger partial charge >= 0.3 is 6.18 Å². The van der Waals surface area contributed by atoms with Gasteiger partial charge in [0.2, 0.25) is 0 Å². The Hall–Kier alpha value is -3.93. The molecule has 33 heavy (non-hydrogen) atoms. The zero-order valence-electron chi connectivity index (χ0n) is 16.9. The minimum atomic E-state index is -4.66. The predicted molar refractivity (Wildman–Crippen MR) is 116 cm³/mol. The Kier molecular flexibility index (Phi) is 4.06. The van der Waals surface area contributed by atoms with E-state index >= 15 is 4.39 Å². The molecule has 0 aromatic heterocycles. The molecule has 4 aromatic carbocycles. The van der Waals surface area contributed by atoms with Crippen LogP contribution in [0.25, 0.3) is 16.5 Å². The smallest absolute Gasteiger partial charge is 0.416 e. The molecule has 0 saturated carbocycles. The summed E-state index contributed by atoms with van der Waals surface area (Å²) in [6.45, 7) is 0. The van der Waals surface area contributed by atoms with Gasteiger partial charge in [-0.25, -0.2) is 4.39 Å². The first kappa shape index (κ1) is 19.7. The third kappa shape index (κ3) is 2.83. The van der Waals surface area contributed by atoms with Gasteiger partial charge in [-0.3, -0.25) is 4.79 Å². The van der Waals surface area contributed by atoms with Crippen LogP contribution in [0.3, 0.4) is 0 Å². The van der Waals surface area contributed by atoms with Gasteiger partial charge in [0.1, 0.15) is 17.3 Å². The highest BCUT2D eigenvalue weighted by atomic mass is 19.4. The second-order valence-electron chi connectivity index (χ2n) is 8.09. The van der Waals surface area contributed by atoms with Crippen molar-refractivity contribution in [3.05, 3.63) is 118 Å². The molecule has 0 amide bonds. The molecule has 0 radical (unpaired) electrons. The highest BCUT2D eigenvalue weighted by Crippen LogP contribution is 2.53. The molecule has 0 bridgehead atoms. The monoisotopic (exact) mass is 446 g/mol. The van der Waals surface area contributed by atoms with E-state index in [-0.39, 0.29) is 22.7 Å². The Morgan fingerprint density at radius 2 is 1.55 bits per heavy atom. The van der Waals surface area contributed by atoms with Crippen LogP contribution >= 0.6 is 0 Å². The molecule has 162 valence electrons. The minimum absolute atomic E-state index is 0.151. The first-order chi connectivity index (χ1) is 15.8. The number of benzene rings is 4. The molecule has 4 aromatic rings. The summed E-state index contributed by atoms with van der Waals surface area (Å²) in [6, 6.07) is 20.0. The Morgan fingerprint density at radius 1 is 0.818 bits per heavy atom. The lowest BCUT2D eigenvalue weighted by molar-refractivity contribution is -0.137. The number of rotatable bonds is 1. The Labute approximate surface area is 185 Å². The average molecular weight is 446 g/mol. The lowest BCUT2D eigenvalue weighted by atomic mass is 9.78. The third-order valence-electron chi connectivity index (χ3n) is 6.26. The molecule has 6 heteroatoms. The van der Waals surface area contributed by atoms with E-state index in [0.717, 1.165) is 17.5 Å². The summed E-state index contributed by atoms with van der Waals surface area (Å²) in [6.07, 6.45) is -4.66. The molecule has 0 fully saturated rings. The fourth-order valence-electron chi connectivity index (χ4n) is 4.81. The summed E-state index contributed by atoms with van der Waals surface area (Å²) >= 11 is 0. The molecule has 2 aliphatic rings. The first-order valence-electron chi connectivity index (χ1n) is 10.3. The highest BCUT2D eigenvalue weighted by molar-refractivity contribution is 6.22. The lowest BCUT2D eigenvalue weighted by Crippen LogP contribution is -2.19. The summed E-state index contributed by atoms with van der Waals surface area (Å²) in [4.78, 5) is 13.5. The summed E-state index contributed by atoms with van der Waals surface area (Å²) < 4.78 is 62.0. The molecule has 6 rings (SSSR count). The van der Waals surface area contributed by atoms with Gasteiger partial charge in [-0.05, 0) is 35.0 Å². The molecule has 0 saturated heterocycles. The first-order valence-corrected chi connectivity index (χ1v) is 10.3. The molecule has 0 N–H and O–H groups in total. The van der Waals surface area contributed by atoms with Crippen molar-refractivity contribution < 1.29 is 27.1 Å². The number of ketones is 1. The third-order valence-corrected chi connectivity index (χ3v) is 6.26. The maximum Gasteiger partial charge on any atom is 0.416 e. The molecular weight excluding hydrogens is 432 g/mol. The van der Waals surface area contributed by atoms with Gasteiger partial charge in [0.25, 0.3) is 0 Å². The average Bonchev–Trinajstić information content (AvgIpc) is 3.09. The van der Waals surface area contributed by atoms with Crippen molar-refractivity contribution in [1.29, 1.82) is 0 Å². The molecule has 1 unspecified atom stereocenters. The van der Waals surface area contributed by atoms with Crippen LogP contribution < -0.4 is 4.74 Å². The van der Waals surface area contributed by atoms with Crippen molar-refractivity contribution in [2.45, 2.75) is 12.1 Å². The number of carbonyl (C=O) groups is 1. The van der Waals surface area contributed by atoms with Gasteiger partial charge in [-0.1, -0.05) is 54.6 Å². The van der Waals surface area contributed by atoms with Crippen LogP contribution in [0.5, 0.6) is 5.75 Å². The number of Topliss-reactive ketones (excluding diaryl/α,β-unsaturated/α-hetero) is 1. The van der Waals surface area contributed by atoms with Gasteiger partial charge in [-0.15, -0.1) is 0 Å². The van der Waals surface area contributed by atoms with Crippen LogP contribution in [0.4, 0.5) is 17.6 Å². The van der Waals surface area contributed by atoms with Crippen LogP contribution in [-0.2, 0) is 6.18 Å². The summed E-state index contributed by atoms with van der Waals surface area (Å²) in [7, 11) is 0. The number of fused-ring (bicyclic) bond motifs is 5. The topological polar surface area (TPSA) is 26.3 Å². The van der Waals surface area contributed by atoms with E-state index in [2.05, 4.69) is 0 Å². The van der Waals surface area contributed by atoms with Gasteiger partial charge < -0.3 is 4.74 Å². The largest absolute Gasteiger partial charge is 0.456 e. The van der Waals surface area contributed by atoms with Crippen molar-refractivity contribution in [3.63, 3.8) is 0 Å². The zero-order valence-corrected chi connectivity index (χ0v) is 16.9. The van der Waals surface area contributed by atoms with E-state index in [1.807, 2.05) is 18.2 Å². The fraction of sp³-hybridized carbons (Fsp3) is 0.0741. The van der Waals surface area contributed by atoms with E-state index in [9.17, 15) is 18.0 Å². The normalized spacial score (nSPS) is 17.0. The summed E-state index contributed by atoms with van der Waals surface area (Å²) in [5.74, 6) is -1.60. The molecule has 1 heterocycles. The standard InChI is InChI=1S/C27H14F4O2/c28-20-11-10-15(27(29,30)31)13-19(20)23-22-16-6-2-1-5-14(16)9-12-21(22)33-26-18-8-4-3-7-17(18)25(32)24(23)26/h1-13,23H. The second kappa shape index (κ2) is 6.78. The van der Waals surface area contributed by atoms with Crippen LogP contribution in [-0.4, -0.2) is 5.78 Å². The molecular formula is C27H14F4O2. The van der Waals surface area contributed by atoms with Gasteiger partial charge in [-0.2, -0.15) is 13.2 Å². The Balaban J connectivity index is 1.70. The van der Waals surface area contributed by atoms with Gasteiger partial charge in [0.05, 0.1) is 11.1 Å². The maximum atomic E-state index is 15.2. The summed E-state index contributed by atoms with van der Waals surface area (Å²) in [5.41, 5.74) is 0.381. The van der Waals surface area contributed by atoms with Crippen LogP contribution in [0, 0.1) is 5.82 Å². The van der Waals surface area contributed by atoms with Crippen molar-refractivity contribution in [1.82, 2.24) is 0 Å². The number of hydrogen-bond acceptors (Lipinski definition) is 2. The van der Waals surface area contributed by atoms with Crippen molar-refractivity contribution >= 4 is 22.3 Å². The highest BCUT2D eigenvalue weighted by Gasteiger charge is 2.44. The fourth-order valence-corrected chi connectivity index (χ4v) is 4.81. The number of ether oxygens (including phenoxy) is 1. The van der Waals surface area contributed by atoms with Gasteiger partial charge in [0, 0.05) is 28.2 Å². The number of halogens is 4. The van der Waals surface area contributed by atoms with Crippen LogP contribution in [0.15, 0.2) is 84.4 Å². The quantitative estimate of drug-likeness (QED) is 0.291. The molecule has 1 atom stereocenters. The molecule has 1 aliphatic carbocycles. The number of carbonyl (C=O) groups excluding carboxylic acids is 1. The number of allylic oxidation sites excluding steroid dienone is 1. The molecule has 2 nitrogen and oxygen atoms in total. The van der Waals surface area contributed by atoms with E-state index in [0.29, 0.717) is 33.9 Å². The maximum absolute atomic E-state index is 15.2. The van der Waals surface area contributed by atoms with E-state index in [1.165, 1.54) is 0 Å². The minimum Gasteiger partial charge on any atom is -0.456 e. The van der Waals surface area contributed by atoms with Crippen molar-refractivity contribution in [3.8, 4) is 5.75 Å². The second-order valence-corrected chi connectivity index (χ2v) is 8.09. The number of alkyl halides is 3. The van der Waals surface area contributed by atoms with E-state index in [1.54, 1.807) is 42.5 Å². The Morgan fingerprint density at radius 3 is 2.33 bits per heavy atom. The van der Waals surface area contributed by atoms with E-state index < -0.39 is 23.5 Å². The van der Waals surface area contributed by atoms with Crippen molar-refractivity contribution in [2.24, 2.45) is 0 Å². The Bertz CT molecular complexity index is 1510. The molecule has 0 spiro atoms.